The number of hydrogen-bond acceptors (Lipinski definition) is 3. The van der Waals surface area contributed by atoms with Crippen LogP contribution in [0.1, 0.15) is 39.2 Å². The molecule has 3 rings (SSSR count). The summed E-state index contributed by atoms with van der Waals surface area (Å²) in [4.78, 5) is 29.6. The molecule has 0 radical (unpaired) electrons. The zero-order valence-corrected chi connectivity index (χ0v) is 17.3. The van der Waals surface area contributed by atoms with Crippen molar-refractivity contribution in [2.75, 3.05) is 0 Å². The molecule has 0 saturated heterocycles. The predicted octanol–water partition coefficient (Wildman–Crippen LogP) is 4.41. The molecule has 6 nitrogen and oxygen atoms in total. The molecule has 1 amide bonds. The van der Waals surface area contributed by atoms with Gasteiger partial charge in [-0.15, -0.1) is 0 Å². The van der Waals surface area contributed by atoms with Gasteiger partial charge in [-0.3, -0.25) is 13.9 Å². The number of unbranched alkanes of at least 4 members (excludes halogenated alkanes) is 1. The Hall–Kier alpha value is -2.31. The van der Waals surface area contributed by atoms with Crippen LogP contribution in [0.4, 0.5) is 0 Å². The standard InChI is InChI=1S/C20H22Cl2N4O2/c1-3-5-6-16(18(23)27)26-19-17(25(4-2)20(26)28)9-13(11-24-19)12-7-14(21)10-15(22)8-12/h7-11,16H,3-6H2,1-2H3,(H2,23,27). The third-order valence-corrected chi connectivity index (χ3v) is 5.22. The van der Waals surface area contributed by atoms with E-state index < -0.39 is 11.9 Å². The number of aryl methyl sites for hydroxylation is 1. The van der Waals surface area contributed by atoms with E-state index in [1.54, 1.807) is 29.0 Å². The molecule has 0 spiro atoms. The largest absolute Gasteiger partial charge is 0.368 e. The number of nitrogens with two attached hydrogens (primary N) is 1. The van der Waals surface area contributed by atoms with Gasteiger partial charge >= 0.3 is 5.69 Å². The van der Waals surface area contributed by atoms with Crippen molar-refractivity contribution < 1.29 is 4.79 Å². The lowest BCUT2D eigenvalue weighted by Gasteiger charge is -2.14. The monoisotopic (exact) mass is 420 g/mol. The maximum atomic E-state index is 13.0. The minimum absolute atomic E-state index is 0.286. The fourth-order valence-corrected chi connectivity index (χ4v) is 3.94. The topological polar surface area (TPSA) is 82.9 Å². The highest BCUT2D eigenvalue weighted by molar-refractivity contribution is 6.35. The molecule has 3 aromatic rings. The molecule has 1 unspecified atom stereocenters. The number of nitrogens with zero attached hydrogens (tertiary/aromatic N) is 3. The number of benzene rings is 1. The maximum Gasteiger partial charge on any atom is 0.331 e. The minimum atomic E-state index is -0.721. The SMILES string of the molecule is CCCCC(C(N)=O)n1c(=O)n(CC)c2cc(-c3cc(Cl)cc(Cl)c3)cnc21. The van der Waals surface area contributed by atoms with Crippen LogP contribution in [0.25, 0.3) is 22.3 Å². The van der Waals surface area contributed by atoms with Crippen molar-refractivity contribution in [3.8, 4) is 11.1 Å². The molecule has 0 fully saturated rings. The van der Waals surface area contributed by atoms with Crippen LogP contribution >= 0.6 is 23.2 Å². The summed E-state index contributed by atoms with van der Waals surface area (Å²) in [6, 6.07) is 6.37. The summed E-state index contributed by atoms with van der Waals surface area (Å²) in [6.07, 6.45) is 3.84. The highest BCUT2D eigenvalue weighted by Crippen LogP contribution is 2.29. The van der Waals surface area contributed by atoms with E-state index in [-0.39, 0.29) is 5.69 Å². The molecule has 8 heteroatoms. The first-order valence-corrected chi connectivity index (χ1v) is 9.99. The van der Waals surface area contributed by atoms with E-state index in [1.807, 2.05) is 19.9 Å². The first-order chi connectivity index (χ1) is 13.4. The number of imidazole rings is 1. The second-order valence-corrected chi connectivity index (χ2v) is 7.55. The molecule has 2 N–H and O–H groups in total. The normalized spacial score (nSPS) is 12.4. The molecule has 0 bridgehead atoms. The Morgan fingerprint density at radius 1 is 1.14 bits per heavy atom. The number of hydrogen-bond donors (Lipinski definition) is 1. The Balaban J connectivity index is 2.22. The Labute approximate surface area is 172 Å². The summed E-state index contributed by atoms with van der Waals surface area (Å²) >= 11 is 12.2. The van der Waals surface area contributed by atoms with E-state index in [2.05, 4.69) is 4.98 Å². The molecular weight excluding hydrogens is 399 g/mol. The summed E-state index contributed by atoms with van der Waals surface area (Å²) in [6.45, 7) is 4.35. The molecule has 28 heavy (non-hydrogen) atoms. The number of aromatic nitrogens is 3. The van der Waals surface area contributed by atoms with Crippen molar-refractivity contribution in [2.24, 2.45) is 5.73 Å². The Kier molecular flexibility index (Phi) is 6.10. The Morgan fingerprint density at radius 3 is 2.39 bits per heavy atom. The van der Waals surface area contributed by atoms with Gasteiger partial charge in [0.2, 0.25) is 5.91 Å². The Morgan fingerprint density at radius 2 is 1.82 bits per heavy atom. The van der Waals surface area contributed by atoms with Gasteiger partial charge in [0.25, 0.3) is 0 Å². The second kappa shape index (κ2) is 8.37. The number of pyridine rings is 1. The molecule has 1 aromatic carbocycles. The highest BCUT2D eigenvalue weighted by Gasteiger charge is 2.25. The van der Waals surface area contributed by atoms with E-state index in [0.29, 0.717) is 34.2 Å². The van der Waals surface area contributed by atoms with Crippen LogP contribution in [0.5, 0.6) is 0 Å². The van der Waals surface area contributed by atoms with Crippen LogP contribution in [0.15, 0.2) is 35.3 Å². The molecule has 148 valence electrons. The number of rotatable bonds is 7. The zero-order valence-electron chi connectivity index (χ0n) is 15.8. The smallest absolute Gasteiger partial charge is 0.331 e. The highest BCUT2D eigenvalue weighted by atomic mass is 35.5. The van der Waals surface area contributed by atoms with Crippen molar-refractivity contribution in [1.29, 1.82) is 0 Å². The third kappa shape index (κ3) is 3.80. The van der Waals surface area contributed by atoms with E-state index in [1.165, 1.54) is 4.57 Å². The lowest BCUT2D eigenvalue weighted by atomic mass is 10.1. The first-order valence-electron chi connectivity index (χ1n) is 9.23. The number of fused-ring (bicyclic) bond motifs is 1. The van der Waals surface area contributed by atoms with E-state index in [9.17, 15) is 9.59 Å². The van der Waals surface area contributed by atoms with Gasteiger partial charge in [-0.1, -0.05) is 43.0 Å². The molecule has 0 aliphatic heterocycles. The van der Waals surface area contributed by atoms with Gasteiger partial charge < -0.3 is 5.73 Å². The molecule has 2 heterocycles. The van der Waals surface area contributed by atoms with Crippen LogP contribution < -0.4 is 11.4 Å². The maximum absolute atomic E-state index is 13.0. The van der Waals surface area contributed by atoms with Crippen LogP contribution in [0.2, 0.25) is 10.0 Å². The van der Waals surface area contributed by atoms with Gasteiger partial charge in [-0.05, 0) is 43.2 Å². The second-order valence-electron chi connectivity index (χ2n) is 6.68. The number of carbonyl (C=O) groups is 1. The van der Waals surface area contributed by atoms with Crippen molar-refractivity contribution >= 4 is 40.3 Å². The average molecular weight is 421 g/mol. The number of primary amides is 1. The summed E-state index contributed by atoms with van der Waals surface area (Å²) < 4.78 is 3.02. The van der Waals surface area contributed by atoms with Crippen molar-refractivity contribution in [3.05, 3.63) is 51.0 Å². The average Bonchev–Trinajstić information content (AvgIpc) is 2.92. The van der Waals surface area contributed by atoms with Gasteiger partial charge in [-0.25, -0.2) is 9.78 Å². The van der Waals surface area contributed by atoms with Gasteiger partial charge in [0, 0.05) is 28.4 Å². The summed E-state index contributed by atoms with van der Waals surface area (Å²) in [7, 11) is 0. The number of halogens is 2. The third-order valence-electron chi connectivity index (χ3n) is 4.79. The van der Waals surface area contributed by atoms with Crippen LogP contribution in [0.3, 0.4) is 0 Å². The van der Waals surface area contributed by atoms with Gasteiger partial charge in [0.05, 0.1) is 5.52 Å². The minimum Gasteiger partial charge on any atom is -0.368 e. The molecular formula is C20H22Cl2N4O2. The molecule has 2 aromatic heterocycles. The van der Waals surface area contributed by atoms with Crippen molar-refractivity contribution in [2.45, 2.75) is 45.7 Å². The van der Waals surface area contributed by atoms with E-state index >= 15 is 0 Å². The quantitative estimate of drug-likeness (QED) is 0.614. The fraction of sp³-hybridized carbons (Fsp3) is 0.350. The van der Waals surface area contributed by atoms with E-state index in [0.717, 1.165) is 24.0 Å². The Bertz CT molecular complexity index is 1070. The van der Waals surface area contributed by atoms with Crippen molar-refractivity contribution in [1.82, 2.24) is 14.1 Å². The van der Waals surface area contributed by atoms with Gasteiger partial charge in [0.1, 0.15) is 6.04 Å². The van der Waals surface area contributed by atoms with E-state index in [4.69, 9.17) is 28.9 Å². The van der Waals surface area contributed by atoms with Crippen LogP contribution in [-0.4, -0.2) is 20.0 Å². The fourth-order valence-electron chi connectivity index (χ4n) is 3.41. The summed E-state index contributed by atoms with van der Waals surface area (Å²) in [5.74, 6) is -0.529. The van der Waals surface area contributed by atoms with Crippen molar-refractivity contribution in [3.63, 3.8) is 0 Å². The molecule has 0 saturated carbocycles. The van der Waals surface area contributed by atoms with Gasteiger partial charge in [0.15, 0.2) is 5.65 Å². The first kappa shape index (κ1) is 20.4. The molecule has 0 aliphatic rings. The number of amides is 1. The predicted molar refractivity (Wildman–Crippen MR) is 113 cm³/mol. The van der Waals surface area contributed by atoms with Gasteiger partial charge in [-0.2, -0.15) is 0 Å². The summed E-state index contributed by atoms with van der Waals surface area (Å²) in [5.41, 5.74) is 7.99. The zero-order chi connectivity index (χ0) is 20.4. The lowest BCUT2D eigenvalue weighted by Crippen LogP contribution is -2.34. The molecule has 1 atom stereocenters. The summed E-state index contributed by atoms with van der Waals surface area (Å²) in [5, 5.41) is 1.03. The molecule has 0 aliphatic carbocycles. The number of carbonyl (C=O) groups excluding carboxylic acids is 1. The lowest BCUT2D eigenvalue weighted by molar-refractivity contribution is -0.121. The van der Waals surface area contributed by atoms with Crippen LogP contribution in [0, 0.1) is 0 Å². The van der Waals surface area contributed by atoms with Crippen LogP contribution in [-0.2, 0) is 11.3 Å².